The summed E-state index contributed by atoms with van der Waals surface area (Å²) in [6.07, 6.45) is -0.399. The van der Waals surface area contributed by atoms with E-state index in [1.165, 1.54) is 0 Å². The highest BCUT2D eigenvalue weighted by Gasteiger charge is 2.29. The summed E-state index contributed by atoms with van der Waals surface area (Å²) in [5, 5.41) is 10.4. The van der Waals surface area contributed by atoms with Crippen LogP contribution in [-0.4, -0.2) is 54.3 Å². The second-order valence-corrected chi connectivity index (χ2v) is 6.99. The van der Waals surface area contributed by atoms with Gasteiger partial charge in [0, 0.05) is 35.7 Å². The summed E-state index contributed by atoms with van der Waals surface area (Å²) in [5.41, 5.74) is 4.27. The van der Waals surface area contributed by atoms with Gasteiger partial charge in [-0.1, -0.05) is 12.1 Å². The largest absolute Gasteiger partial charge is 0.493 e. The molecule has 28 heavy (non-hydrogen) atoms. The van der Waals surface area contributed by atoms with Crippen LogP contribution in [0.1, 0.15) is 15.9 Å². The Balaban J connectivity index is 1.67. The number of aryl methyl sites for hydroxylation is 1. The zero-order valence-electron chi connectivity index (χ0n) is 16.1. The fraction of sp³-hybridized carbons (Fsp3) is 0.273. The number of fused-ring (bicyclic) bond motifs is 1. The van der Waals surface area contributed by atoms with Crippen LogP contribution in [0.5, 0.6) is 11.5 Å². The number of aliphatic hydroxyl groups is 1. The molecule has 2 aromatic carbocycles. The van der Waals surface area contributed by atoms with E-state index >= 15 is 0 Å². The van der Waals surface area contributed by atoms with Crippen molar-refractivity contribution in [1.82, 2.24) is 9.88 Å². The molecule has 6 heteroatoms. The molecule has 3 aromatic rings. The molecule has 1 aliphatic rings. The van der Waals surface area contributed by atoms with Gasteiger partial charge in [-0.05, 0) is 36.8 Å². The van der Waals surface area contributed by atoms with E-state index in [0.717, 1.165) is 27.7 Å². The van der Waals surface area contributed by atoms with Crippen molar-refractivity contribution in [3.05, 3.63) is 53.6 Å². The maximum atomic E-state index is 12.4. The van der Waals surface area contributed by atoms with Crippen LogP contribution in [0.25, 0.3) is 22.2 Å². The third-order valence-corrected chi connectivity index (χ3v) is 5.10. The Morgan fingerprint density at radius 3 is 2.32 bits per heavy atom. The number of hydrogen-bond acceptors (Lipinski definition) is 5. The molecule has 0 aliphatic carbocycles. The Bertz CT molecular complexity index is 1040. The number of pyridine rings is 1. The van der Waals surface area contributed by atoms with Crippen molar-refractivity contribution >= 4 is 16.8 Å². The molecular weight excluding hydrogens is 356 g/mol. The zero-order chi connectivity index (χ0) is 19.8. The number of carbonyl (C=O) groups is 1. The molecule has 1 N–H and O–H groups in total. The number of methoxy groups -OCH3 is 2. The predicted molar refractivity (Wildman–Crippen MR) is 107 cm³/mol. The van der Waals surface area contributed by atoms with E-state index in [1.807, 2.05) is 37.3 Å². The minimum absolute atomic E-state index is 0.0590. The Morgan fingerprint density at radius 2 is 1.71 bits per heavy atom. The van der Waals surface area contributed by atoms with E-state index in [9.17, 15) is 9.90 Å². The number of amides is 1. The predicted octanol–water partition coefficient (Wildman–Crippen LogP) is 3.04. The molecular formula is C22H22N2O4. The molecule has 0 saturated carbocycles. The quantitative estimate of drug-likeness (QED) is 0.756. The van der Waals surface area contributed by atoms with Crippen molar-refractivity contribution < 1.29 is 19.4 Å². The van der Waals surface area contributed by atoms with Crippen LogP contribution < -0.4 is 9.47 Å². The molecule has 0 spiro atoms. The normalized spacial score (nSPS) is 14.1. The van der Waals surface area contributed by atoms with Crippen molar-refractivity contribution in [2.75, 3.05) is 27.3 Å². The second-order valence-electron chi connectivity index (χ2n) is 6.99. The minimum Gasteiger partial charge on any atom is -0.493 e. The number of aliphatic hydroxyl groups excluding tert-OH is 1. The van der Waals surface area contributed by atoms with Gasteiger partial charge in [-0.3, -0.25) is 4.79 Å². The Kier molecular flexibility index (Phi) is 4.65. The summed E-state index contributed by atoms with van der Waals surface area (Å²) >= 11 is 0. The smallest absolute Gasteiger partial charge is 0.254 e. The number of benzene rings is 2. The maximum Gasteiger partial charge on any atom is 0.254 e. The van der Waals surface area contributed by atoms with Crippen LogP contribution in [0, 0.1) is 6.92 Å². The van der Waals surface area contributed by atoms with Gasteiger partial charge in [-0.2, -0.15) is 0 Å². The molecule has 0 bridgehead atoms. The summed E-state index contributed by atoms with van der Waals surface area (Å²) in [6, 6.07) is 13.2. The summed E-state index contributed by atoms with van der Waals surface area (Å²) < 4.78 is 10.8. The molecule has 0 atom stereocenters. The van der Waals surface area contributed by atoms with Crippen LogP contribution >= 0.6 is 0 Å². The number of nitrogens with zero attached hydrogens (tertiary/aromatic N) is 2. The zero-order valence-corrected chi connectivity index (χ0v) is 16.1. The van der Waals surface area contributed by atoms with Crippen LogP contribution in [0.3, 0.4) is 0 Å². The van der Waals surface area contributed by atoms with Gasteiger partial charge in [-0.25, -0.2) is 4.98 Å². The lowest BCUT2D eigenvalue weighted by Gasteiger charge is -2.35. The van der Waals surface area contributed by atoms with E-state index in [1.54, 1.807) is 31.3 Å². The average molecular weight is 378 g/mol. The molecule has 1 amide bonds. The maximum absolute atomic E-state index is 12.4. The lowest BCUT2D eigenvalue weighted by molar-refractivity contribution is 0.00590. The van der Waals surface area contributed by atoms with Gasteiger partial charge in [0.2, 0.25) is 0 Å². The van der Waals surface area contributed by atoms with Crippen LogP contribution in [0.4, 0.5) is 0 Å². The van der Waals surface area contributed by atoms with E-state index in [0.29, 0.717) is 30.2 Å². The number of ether oxygens (including phenoxy) is 2. The highest BCUT2D eigenvalue weighted by atomic mass is 16.5. The Labute approximate surface area is 163 Å². The molecule has 6 nitrogen and oxygen atoms in total. The molecule has 4 rings (SSSR count). The molecule has 0 radical (unpaired) electrons. The Morgan fingerprint density at radius 1 is 1.07 bits per heavy atom. The van der Waals surface area contributed by atoms with Gasteiger partial charge in [0.15, 0.2) is 11.5 Å². The molecule has 0 unspecified atom stereocenters. The second kappa shape index (κ2) is 7.13. The summed E-state index contributed by atoms with van der Waals surface area (Å²) in [6.45, 7) is 2.83. The number of rotatable bonds is 4. The Hall–Kier alpha value is -3.12. The summed E-state index contributed by atoms with van der Waals surface area (Å²) in [5.74, 6) is 1.25. The van der Waals surface area contributed by atoms with Gasteiger partial charge in [-0.15, -0.1) is 0 Å². The fourth-order valence-corrected chi connectivity index (χ4v) is 3.46. The first kappa shape index (κ1) is 18.3. The number of carbonyl (C=O) groups excluding carboxylic acids is 1. The highest BCUT2D eigenvalue weighted by molar-refractivity contribution is 5.95. The SMILES string of the molecule is COc1cc2nc(-c3ccc(C(=O)N4CC(O)C4)cc3)cc(C)c2cc1OC. The van der Waals surface area contributed by atoms with E-state index in [-0.39, 0.29) is 5.91 Å². The molecule has 1 fully saturated rings. The topological polar surface area (TPSA) is 71.9 Å². The molecule has 1 saturated heterocycles. The van der Waals surface area contributed by atoms with E-state index in [2.05, 4.69) is 0 Å². The first-order valence-corrected chi connectivity index (χ1v) is 9.11. The molecule has 1 aromatic heterocycles. The molecule has 2 heterocycles. The van der Waals surface area contributed by atoms with E-state index in [4.69, 9.17) is 14.5 Å². The van der Waals surface area contributed by atoms with E-state index < -0.39 is 6.10 Å². The third-order valence-electron chi connectivity index (χ3n) is 5.10. The standard InChI is InChI=1S/C22H22N2O4/c1-13-8-18(23-19-10-21(28-3)20(27-2)9-17(13)19)14-4-6-15(7-5-14)22(26)24-11-16(25)12-24/h4-10,16,25H,11-12H2,1-3H3. The molecule has 144 valence electrons. The van der Waals surface area contributed by atoms with Crippen LogP contribution in [0.2, 0.25) is 0 Å². The van der Waals surface area contributed by atoms with Crippen molar-refractivity contribution in [3.63, 3.8) is 0 Å². The first-order chi connectivity index (χ1) is 13.5. The average Bonchev–Trinajstić information content (AvgIpc) is 2.70. The van der Waals surface area contributed by atoms with Crippen molar-refractivity contribution in [2.45, 2.75) is 13.0 Å². The number of likely N-dealkylation sites (tertiary alicyclic amines) is 1. The first-order valence-electron chi connectivity index (χ1n) is 9.11. The minimum atomic E-state index is -0.399. The van der Waals surface area contributed by atoms with Gasteiger partial charge < -0.3 is 19.5 Å². The van der Waals surface area contributed by atoms with Crippen LogP contribution in [-0.2, 0) is 0 Å². The molecule has 1 aliphatic heterocycles. The highest BCUT2D eigenvalue weighted by Crippen LogP contribution is 2.34. The van der Waals surface area contributed by atoms with Crippen molar-refractivity contribution in [1.29, 1.82) is 0 Å². The lowest BCUT2D eigenvalue weighted by Crippen LogP contribution is -2.53. The van der Waals surface area contributed by atoms with Crippen molar-refractivity contribution in [3.8, 4) is 22.8 Å². The van der Waals surface area contributed by atoms with Crippen molar-refractivity contribution in [2.24, 2.45) is 0 Å². The van der Waals surface area contributed by atoms with Gasteiger partial charge in [0.1, 0.15) is 0 Å². The third kappa shape index (κ3) is 3.16. The number of hydrogen-bond donors (Lipinski definition) is 1. The van der Waals surface area contributed by atoms with Gasteiger partial charge >= 0.3 is 0 Å². The lowest BCUT2D eigenvalue weighted by atomic mass is 10.0. The van der Waals surface area contributed by atoms with Crippen LogP contribution in [0.15, 0.2) is 42.5 Å². The van der Waals surface area contributed by atoms with Gasteiger partial charge in [0.05, 0.1) is 31.5 Å². The van der Waals surface area contributed by atoms with Gasteiger partial charge in [0.25, 0.3) is 5.91 Å². The summed E-state index contributed by atoms with van der Waals surface area (Å²) in [7, 11) is 3.22. The monoisotopic (exact) mass is 378 g/mol. The fourth-order valence-electron chi connectivity index (χ4n) is 3.46. The summed E-state index contributed by atoms with van der Waals surface area (Å²) in [4.78, 5) is 18.8. The number of aromatic nitrogens is 1. The number of β-amino-alcohol motifs (C(OH)–C–C–N with tert-alkyl or cyclic N) is 1.